The van der Waals surface area contributed by atoms with Crippen LogP contribution in [0, 0.1) is 0 Å². The Balaban J connectivity index is 0. The Morgan fingerprint density at radius 2 is 1.25 bits per heavy atom. The molecule has 0 aromatic heterocycles. The van der Waals surface area contributed by atoms with Crippen molar-refractivity contribution >= 4 is 38.9 Å². The molecule has 0 saturated carbocycles. The molecule has 0 nitrogen and oxygen atoms in total. The van der Waals surface area contributed by atoms with E-state index in [0.717, 1.165) is 44.7 Å². The first kappa shape index (κ1) is 9.49. The fourth-order valence-electron chi connectivity index (χ4n) is 0. The summed E-state index contributed by atoms with van der Waals surface area (Å²) >= 11 is 1.87. The summed E-state index contributed by atoms with van der Waals surface area (Å²) in [5, 5.41) is 0. The van der Waals surface area contributed by atoms with Crippen molar-refractivity contribution in [1.82, 2.24) is 0 Å². The molecule has 0 spiro atoms. The SMILES string of the molecule is [S]=[Cd].[S]=[SbH]. The van der Waals surface area contributed by atoms with Crippen molar-refractivity contribution in [3.63, 3.8) is 0 Å². The van der Waals surface area contributed by atoms with Crippen LogP contribution in [0.1, 0.15) is 0 Å². The standard InChI is InChI=1S/Cd.2S.Sb.H. The molecule has 0 saturated heterocycles. The maximum absolute atomic E-state index is 4.25. The van der Waals surface area contributed by atoms with E-state index in [0.29, 0.717) is 0 Å². The third-order valence-electron chi connectivity index (χ3n) is 0. The normalized spacial score (nSPS) is 2.50. The maximum atomic E-state index is 4.25. The third-order valence-corrected chi connectivity index (χ3v) is 0. The van der Waals surface area contributed by atoms with Gasteiger partial charge in [0.15, 0.2) is 0 Å². The summed E-state index contributed by atoms with van der Waals surface area (Å²) in [6.07, 6.45) is 0. The second-order valence-electron chi connectivity index (χ2n) is 0. The molecular formula is HCdS2Sb. The van der Waals surface area contributed by atoms with Gasteiger partial charge in [0.2, 0.25) is 0 Å². The quantitative estimate of drug-likeness (QED) is 0.602. The Labute approximate surface area is 61.5 Å². The molecule has 0 N–H and O–H groups in total. The minimum atomic E-state index is 0.733. The molecule has 0 aliphatic heterocycles. The minimum absolute atomic E-state index is 0.733. The zero-order chi connectivity index (χ0) is 4.00. The first-order chi connectivity index (χ1) is 2.00. The second-order valence-corrected chi connectivity index (χ2v) is 0. The molecule has 0 bridgehead atoms. The molecule has 0 aromatic carbocycles. The molecule has 0 aromatic rings. The Morgan fingerprint density at radius 1 is 1.25 bits per heavy atom. The van der Waals surface area contributed by atoms with Gasteiger partial charge >= 0.3 is 62.6 Å². The number of hydrogen-bond acceptors (Lipinski definition) is 2. The zero-order valence-corrected chi connectivity index (χ0v) is 10.5. The van der Waals surface area contributed by atoms with E-state index in [-0.39, 0.29) is 0 Å². The van der Waals surface area contributed by atoms with Crippen LogP contribution in [0.25, 0.3) is 0 Å². The molecule has 0 fully saturated rings. The molecule has 0 unspecified atom stereocenters. The van der Waals surface area contributed by atoms with Crippen LogP contribution in [0.5, 0.6) is 0 Å². The monoisotopic (exact) mass is 300 g/mol. The average Bonchev–Trinajstić information content (AvgIpc) is 1.50. The predicted molar refractivity (Wildman–Crippen MR) is 22.3 cm³/mol. The molecule has 0 aliphatic rings. The van der Waals surface area contributed by atoms with Crippen molar-refractivity contribution in [1.29, 1.82) is 0 Å². The van der Waals surface area contributed by atoms with E-state index in [1.165, 1.54) is 0 Å². The molecule has 0 atom stereocenters. The van der Waals surface area contributed by atoms with E-state index < -0.39 is 0 Å². The summed E-state index contributed by atoms with van der Waals surface area (Å²) in [4.78, 5) is 0. The first-order valence-corrected chi connectivity index (χ1v) is 9.92. The van der Waals surface area contributed by atoms with Gasteiger partial charge in [0.1, 0.15) is 0 Å². The van der Waals surface area contributed by atoms with Gasteiger partial charge in [0.05, 0.1) is 0 Å². The van der Waals surface area contributed by atoms with Gasteiger partial charge in [-0.2, -0.15) is 0 Å². The summed E-state index contributed by atoms with van der Waals surface area (Å²) in [7, 11) is 8.43. The Morgan fingerprint density at radius 3 is 1.25 bits per heavy atom. The van der Waals surface area contributed by atoms with Crippen LogP contribution < -0.4 is 0 Å². The number of hydrogen-bond donors (Lipinski definition) is 0. The molecule has 4 heavy (non-hydrogen) atoms. The van der Waals surface area contributed by atoms with Gasteiger partial charge < -0.3 is 0 Å². The van der Waals surface area contributed by atoms with E-state index in [2.05, 4.69) is 17.8 Å². The number of rotatable bonds is 0. The van der Waals surface area contributed by atoms with Crippen LogP contribution >= 0.6 is 17.8 Å². The van der Waals surface area contributed by atoms with Gasteiger partial charge in [-0.05, 0) is 0 Å². The van der Waals surface area contributed by atoms with Crippen molar-refractivity contribution in [3.05, 3.63) is 0 Å². The van der Waals surface area contributed by atoms with Crippen molar-refractivity contribution < 1.29 is 23.7 Å². The third kappa shape index (κ3) is 8.89. The van der Waals surface area contributed by atoms with Gasteiger partial charge in [0.25, 0.3) is 0 Å². The molecule has 0 heterocycles. The molecule has 4 heteroatoms. The second kappa shape index (κ2) is 19.0. The molecular weight excluding hydrogens is 298 g/mol. The van der Waals surface area contributed by atoms with Gasteiger partial charge in [-0.15, -0.1) is 0 Å². The van der Waals surface area contributed by atoms with E-state index in [1.54, 1.807) is 0 Å². The van der Waals surface area contributed by atoms with Crippen molar-refractivity contribution in [2.75, 3.05) is 0 Å². The summed E-state index contributed by atoms with van der Waals surface area (Å²) < 4.78 is 0. The predicted octanol–water partition coefficient (Wildman–Crippen LogP) is 0.645. The molecule has 0 aliphatic carbocycles. The van der Waals surface area contributed by atoms with Crippen molar-refractivity contribution in [2.24, 2.45) is 0 Å². The zero-order valence-electron chi connectivity index (χ0n) is 2.02. The Bertz CT molecular complexity index is 8.00. The summed E-state index contributed by atoms with van der Waals surface area (Å²) in [6.45, 7) is 0. The van der Waals surface area contributed by atoms with Crippen LogP contribution in [0.2, 0.25) is 0 Å². The molecule has 0 rings (SSSR count). The molecule has 0 amide bonds. The van der Waals surface area contributed by atoms with E-state index in [9.17, 15) is 0 Å². The van der Waals surface area contributed by atoms with Crippen molar-refractivity contribution in [3.8, 4) is 0 Å². The fourth-order valence-corrected chi connectivity index (χ4v) is 0. The van der Waals surface area contributed by atoms with E-state index in [4.69, 9.17) is 0 Å². The topological polar surface area (TPSA) is 0 Å². The van der Waals surface area contributed by atoms with Crippen molar-refractivity contribution in [2.45, 2.75) is 0 Å². The molecule has 20 valence electrons. The van der Waals surface area contributed by atoms with Gasteiger partial charge in [-0.25, -0.2) is 0 Å². The molecule has 0 radical (unpaired) electrons. The Hall–Kier alpha value is 2.18. The van der Waals surface area contributed by atoms with Crippen LogP contribution in [-0.2, 0) is 23.7 Å². The summed E-state index contributed by atoms with van der Waals surface area (Å²) in [5.74, 6) is 0. The van der Waals surface area contributed by atoms with Crippen LogP contribution in [-0.4, -0.2) is 21.1 Å². The summed E-state index contributed by atoms with van der Waals surface area (Å²) in [5.41, 5.74) is 0. The van der Waals surface area contributed by atoms with Crippen LogP contribution in [0.3, 0.4) is 0 Å². The van der Waals surface area contributed by atoms with Crippen LogP contribution in [0.4, 0.5) is 0 Å². The fraction of sp³-hybridized carbons (Fsp3) is 0. The van der Waals surface area contributed by atoms with Gasteiger partial charge in [0, 0.05) is 0 Å². The van der Waals surface area contributed by atoms with Gasteiger partial charge in [-0.1, -0.05) is 0 Å². The van der Waals surface area contributed by atoms with Gasteiger partial charge in [-0.3, -0.25) is 0 Å². The average molecular weight is 299 g/mol. The van der Waals surface area contributed by atoms with Crippen LogP contribution in [0.15, 0.2) is 0 Å². The van der Waals surface area contributed by atoms with E-state index in [1.807, 2.05) is 0 Å². The van der Waals surface area contributed by atoms with E-state index >= 15 is 0 Å². The Kier molecular flexibility index (Phi) is 45.2. The first-order valence-electron chi connectivity index (χ1n) is 0.493. The summed E-state index contributed by atoms with van der Waals surface area (Å²) in [6, 6.07) is 0.